The Morgan fingerprint density at radius 2 is 2.22 bits per heavy atom. The van der Waals surface area contributed by atoms with Crippen molar-refractivity contribution in [1.29, 1.82) is 0 Å². The average Bonchev–Trinajstić information content (AvgIpc) is 1.68. The summed E-state index contributed by atoms with van der Waals surface area (Å²) in [6, 6.07) is 0. The van der Waals surface area contributed by atoms with Crippen LogP contribution in [-0.4, -0.2) is 12.6 Å². The molecule has 0 rings (SSSR count). The molecule has 0 aromatic carbocycles. The second-order valence-electron chi connectivity index (χ2n) is 1.41. The Labute approximate surface area is 68.1 Å². The van der Waals surface area contributed by atoms with Gasteiger partial charge in [0.05, 0.1) is 6.61 Å². The van der Waals surface area contributed by atoms with Crippen molar-refractivity contribution in [2.24, 2.45) is 0 Å². The Kier molecular flexibility index (Phi) is 10.6. The zero-order valence-corrected chi connectivity index (χ0v) is 6.14. The van der Waals surface area contributed by atoms with E-state index in [2.05, 4.69) is 11.7 Å². The van der Waals surface area contributed by atoms with Gasteiger partial charge in [0, 0.05) is 6.42 Å². The van der Waals surface area contributed by atoms with Gasteiger partial charge in [-0.3, -0.25) is 4.79 Å². The standard InChI is InChI=1S/C6H11O2.Li/c1-3-5-6(7)8-4-2;/h1,3-5H2,2H3;/q-1;+1. The molecule has 0 atom stereocenters. The Morgan fingerprint density at radius 1 is 1.67 bits per heavy atom. The van der Waals surface area contributed by atoms with Crippen molar-refractivity contribution < 1.29 is 28.4 Å². The summed E-state index contributed by atoms with van der Waals surface area (Å²) in [5, 5.41) is 0. The van der Waals surface area contributed by atoms with Gasteiger partial charge in [0.2, 0.25) is 0 Å². The SMILES string of the molecule is [CH2-]CCC(=O)OCC.[Li+]. The van der Waals surface area contributed by atoms with E-state index in [-0.39, 0.29) is 24.8 Å². The monoisotopic (exact) mass is 122 g/mol. The molecule has 0 aliphatic rings. The van der Waals surface area contributed by atoms with Gasteiger partial charge in [-0.05, 0) is 6.92 Å². The van der Waals surface area contributed by atoms with Crippen LogP contribution in [0.25, 0.3) is 0 Å². The van der Waals surface area contributed by atoms with Gasteiger partial charge in [-0.15, -0.1) is 0 Å². The molecular formula is C6H11LiO2. The van der Waals surface area contributed by atoms with E-state index in [9.17, 15) is 4.79 Å². The van der Waals surface area contributed by atoms with Gasteiger partial charge in [0.15, 0.2) is 0 Å². The van der Waals surface area contributed by atoms with E-state index < -0.39 is 0 Å². The van der Waals surface area contributed by atoms with Crippen molar-refractivity contribution in [1.82, 2.24) is 0 Å². The van der Waals surface area contributed by atoms with Crippen LogP contribution in [0.4, 0.5) is 0 Å². The molecule has 9 heavy (non-hydrogen) atoms. The number of rotatable bonds is 3. The first-order valence-corrected chi connectivity index (χ1v) is 2.76. The fraction of sp³-hybridized carbons (Fsp3) is 0.667. The summed E-state index contributed by atoms with van der Waals surface area (Å²) in [6.45, 7) is 5.77. The minimum atomic E-state index is -0.150. The number of carbonyl (C=O) groups is 1. The zero-order valence-electron chi connectivity index (χ0n) is 6.14. The molecule has 0 fully saturated rings. The second kappa shape index (κ2) is 8.07. The second-order valence-corrected chi connectivity index (χ2v) is 1.41. The van der Waals surface area contributed by atoms with E-state index in [1.807, 2.05) is 0 Å². The molecule has 3 heteroatoms. The fourth-order valence-electron chi connectivity index (χ4n) is 0.377. The van der Waals surface area contributed by atoms with Crippen LogP contribution in [0.15, 0.2) is 0 Å². The van der Waals surface area contributed by atoms with Gasteiger partial charge < -0.3 is 11.7 Å². The molecule has 0 N–H and O–H groups in total. The Hall–Kier alpha value is 0.0674. The molecule has 2 nitrogen and oxygen atoms in total. The van der Waals surface area contributed by atoms with Gasteiger partial charge >= 0.3 is 24.8 Å². The molecule has 0 aromatic rings. The van der Waals surface area contributed by atoms with Crippen molar-refractivity contribution in [2.45, 2.75) is 19.8 Å². The van der Waals surface area contributed by atoms with Crippen LogP contribution < -0.4 is 18.9 Å². The van der Waals surface area contributed by atoms with Crippen molar-refractivity contribution >= 4 is 5.97 Å². The van der Waals surface area contributed by atoms with Crippen molar-refractivity contribution in [2.75, 3.05) is 6.61 Å². The van der Waals surface area contributed by atoms with Gasteiger partial charge in [0.1, 0.15) is 0 Å². The smallest absolute Gasteiger partial charge is 0.466 e. The number of hydrogen-bond donors (Lipinski definition) is 0. The normalized spacial score (nSPS) is 7.78. The third-order valence-electron chi connectivity index (χ3n) is 0.686. The largest absolute Gasteiger partial charge is 1.00 e. The van der Waals surface area contributed by atoms with Crippen LogP contribution in [0.5, 0.6) is 0 Å². The maximum Gasteiger partial charge on any atom is 1.00 e. The summed E-state index contributed by atoms with van der Waals surface area (Å²) in [7, 11) is 0. The Morgan fingerprint density at radius 3 is 2.56 bits per heavy atom. The summed E-state index contributed by atoms with van der Waals surface area (Å²) in [6.07, 6.45) is 1.06. The van der Waals surface area contributed by atoms with E-state index in [1.165, 1.54) is 0 Å². The van der Waals surface area contributed by atoms with Crippen molar-refractivity contribution in [3.63, 3.8) is 0 Å². The Bertz CT molecular complexity index is 65.5. The summed E-state index contributed by atoms with van der Waals surface area (Å²) in [4.78, 5) is 10.4. The van der Waals surface area contributed by atoms with Crippen LogP contribution >= 0.6 is 0 Å². The third kappa shape index (κ3) is 8.07. The van der Waals surface area contributed by atoms with Crippen LogP contribution in [-0.2, 0) is 9.53 Å². The minimum absolute atomic E-state index is 0. The molecule has 0 saturated heterocycles. The van der Waals surface area contributed by atoms with E-state index >= 15 is 0 Å². The third-order valence-corrected chi connectivity index (χ3v) is 0.686. The first-order chi connectivity index (χ1) is 3.81. The minimum Gasteiger partial charge on any atom is -0.466 e. The molecule has 0 aromatic heterocycles. The van der Waals surface area contributed by atoms with E-state index in [0.717, 1.165) is 0 Å². The molecule has 0 saturated carbocycles. The van der Waals surface area contributed by atoms with Gasteiger partial charge in [-0.1, -0.05) is 0 Å². The number of ether oxygens (including phenoxy) is 1. The van der Waals surface area contributed by atoms with Crippen molar-refractivity contribution in [3.05, 3.63) is 6.92 Å². The Balaban J connectivity index is 0. The van der Waals surface area contributed by atoms with Crippen LogP contribution in [0, 0.1) is 6.92 Å². The molecular weight excluding hydrogens is 111 g/mol. The fourth-order valence-corrected chi connectivity index (χ4v) is 0.377. The van der Waals surface area contributed by atoms with E-state index in [0.29, 0.717) is 19.4 Å². The molecule has 0 amide bonds. The predicted molar refractivity (Wildman–Crippen MR) is 31.2 cm³/mol. The maximum atomic E-state index is 10.4. The first-order valence-electron chi connectivity index (χ1n) is 2.76. The topological polar surface area (TPSA) is 26.3 Å². The molecule has 0 aliphatic carbocycles. The summed E-state index contributed by atoms with van der Waals surface area (Å²) < 4.78 is 4.60. The number of esters is 1. The maximum absolute atomic E-state index is 10.4. The average molecular weight is 122 g/mol. The van der Waals surface area contributed by atoms with E-state index in [1.54, 1.807) is 6.92 Å². The van der Waals surface area contributed by atoms with Gasteiger partial charge in [-0.2, -0.15) is 6.42 Å². The van der Waals surface area contributed by atoms with Gasteiger partial charge in [0.25, 0.3) is 0 Å². The molecule has 0 bridgehead atoms. The van der Waals surface area contributed by atoms with Crippen LogP contribution in [0.2, 0.25) is 0 Å². The van der Waals surface area contributed by atoms with E-state index in [4.69, 9.17) is 0 Å². The summed E-state index contributed by atoms with van der Waals surface area (Å²) >= 11 is 0. The molecule has 48 valence electrons. The number of hydrogen-bond acceptors (Lipinski definition) is 2. The number of carbonyl (C=O) groups excluding carboxylic acids is 1. The first kappa shape index (κ1) is 11.8. The molecule has 0 aliphatic heterocycles. The molecule has 0 spiro atoms. The molecule has 0 heterocycles. The molecule has 0 radical (unpaired) electrons. The zero-order chi connectivity index (χ0) is 6.41. The molecule has 0 unspecified atom stereocenters. The summed E-state index contributed by atoms with van der Waals surface area (Å²) in [5.74, 6) is -0.150. The van der Waals surface area contributed by atoms with Crippen LogP contribution in [0.1, 0.15) is 19.8 Å². The quantitative estimate of drug-likeness (QED) is 0.250. The predicted octanol–water partition coefficient (Wildman–Crippen LogP) is -1.83. The summed E-state index contributed by atoms with van der Waals surface area (Å²) in [5.41, 5.74) is 0. The van der Waals surface area contributed by atoms with Gasteiger partial charge in [-0.25, -0.2) is 0 Å². The van der Waals surface area contributed by atoms with Crippen molar-refractivity contribution in [3.8, 4) is 0 Å². The van der Waals surface area contributed by atoms with Crippen LogP contribution in [0.3, 0.4) is 0 Å².